The van der Waals surface area contributed by atoms with Gasteiger partial charge in [-0.25, -0.2) is 0 Å². The van der Waals surface area contributed by atoms with E-state index in [1.54, 1.807) is 13.2 Å². The van der Waals surface area contributed by atoms with E-state index >= 15 is 0 Å². The summed E-state index contributed by atoms with van der Waals surface area (Å²) in [6.07, 6.45) is 0.523. The van der Waals surface area contributed by atoms with Crippen molar-refractivity contribution in [3.8, 4) is 5.75 Å². The van der Waals surface area contributed by atoms with Crippen molar-refractivity contribution in [2.45, 2.75) is 24.6 Å². The molecule has 0 unspecified atom stereocenters. The van der Waals surface area contributed by atoms with Crippen molar-refractivity contribution in [1.82, 2.24) is 15.5 Å². The van der Waals surface area contributed by atoms with Crippen molar-refractivity contribution < 1.29 is 13.9 Å². The van der Waals surface area contributed by atoms with Crippen LogP contribution in [0.5, 0.6) is 5.75 Å². The first-order valence-electron chi connectivity index (χ1n) is 8.66. The largest absolute Gasteiger partial charge is 0.497 e. The number of carbonyl (C=O) groups excluding carboxylic acids is 1. The summed E-state index contributed by atoms with van der Waals surface area (Å²) in [7, 11) is 1.63. The number of halogens is 1. The Morgan fingerprint density at radius 1 is 1.25 bits per heavy atom. The van der Waals surface area contributed by atoms with Crippen molar-refractivity contribution >= 4 is 29.3 Å². The second-order valence-electron chi connectivity index (χ2n) is 6.12. The molecule has 1 heterocycles. The number of aromatic nitrogens is 2. The van der Waals surface area contributed by atoms with E-state index in [4.69, 9.17) is 20.8 Å². The van der Waals surface area contributed by atoms with Gasteiger partial charge in [0.2, 0.25) is 11.8 Å². The molecule has 3 aromatic rings. The zero-order chi connectivity index (χ0) is 19.9. The maximum Gasteiger partial charge on any atom is 0.277 e. The summed E-state index contributed by atoms with van der Waals surface area (Å²) in [5, 5.41) is 12.0. The highest BCUT2D eigenvalue weighted by Gasteiger charge is 2.13. The maximum atomic E-state index is 12.2. The van der Waals surface area contributed by atoms with E-state index in [0.29, 0.717) is 22.6 Å². The third kappa shape index (κ3) is 5.74. The van der Waals surface area contributed by atoms with Gasteiger partial charge in [0.15, 0.2) is 0 Å². The molecule has 0 aliphatic rings. The van der Waals surface area contributed by atoms with Crippen molar-refractivity contribution in [2.75, 3.05) is 12.9 Å². The fourth-order valence-electron chi connectivity index (χ4n) is 2.56. The van der Waals surface area contributed by atoms with Crippen LogP contribution in [-0.4, -0.2) is 29.0 Å². The van der Waals surface area contributed by atoms with E-state index in [2.05, 4.69) is 15.5 Å². The molecule has 0 saturated heterocycles. The van der Waals surface area contributed by atoms with Gasteiger partial charge in [-0.1, -0.05) is 47.6 Å². The zero-order valence-corrected chi connectivity index (χ0v) is 17.1. The molecule has 1 N–H and O–H groups in total. The number of rotatable bonds is 8. The van der Waals surface area contributed by atoms with Gasteiger partial charge >= 0.3 is 0 Å². The van der Waals surface area contributed by atoms with Crippen LogP contribution in [0, 0.1) is 0 Å². The van der Waals surface area contributed by atoms with E-state index in [0.717, 1.165) is 16.9 Å². The standard InChI is InChI=1S/C20H20ClN3O3S/c1-13(15-4-3-5-16(21)11-15)22-18(25)12-28-20-24-23-19(27-20)10-14-6-8-17(26-2)9-7-14/h3-9,11,13H,10,12H2,1-2H3,(H,22,25)/t13-/m0/s1. The number of nitrogens with zero attached hydrogens (tertiary/aromatic N) is 2. The number of methoxy groups -OCH3 is 1. The molecule has 1 atom stereocenters. The van der Waals surface area contributed by atoms with Crippen molar-refractivity contribution in [3.63, 3.8) is 0 Å². The molecule has 1 amide bonds. The lowest BCUT2D eigenvalue weighted by atomic mass is 10.1. The van der Waals surface area contributed by atoms with E-state index in [1.165, 1.54) is 11.8 Å². The highest BCUT2D eigenvalue weighted by atomic mass is 35.5. The minimum absolute atomic E-state index is 0.118. The van der Waals surface area contributed by atoms with Crippen LogP contribution in [0.3, 0.4) is 0 Å². The van der Waals surface area contributed by atoms with Crippen molar-refractivity contribution in [2.24, 2.45) is 0 Å². The maximum absolute atomic E-state index is 12.2. The lowest BCUT2D eigenvalue weighted by Crippen LogP contribution is -2.28. The van der Waals surface area contributed by atoms with Gasteiger partial charge in [-0.3, -0.25) is 4.79 Å². The van der Waals surface area contributed by atoms with E-state index in [1.807, 2.05) is 49.4 Å². The van der Waals surface area contributed by atoms with Gasteiger partial charge in [0.05, 0.1) is 25.3 Å². The molecule has 8 heteroatoms. The molecule has 0 aliphatic carbocycles. The molecule has 0 fully saturated rings. The summed E-state index contributed by atoms with van der Waals surface area (Å²) < 4.78 is 10.8. The van der Waals surface area contributed by atoms with Crippen LogP contribution < -0.4 is 10.1 Å². The molecule has 3 rings (SSSR count). The molecule has 28 heavy (non-hydrogen) atoms. The fraction of sp³-hybridized carbons (Fsp3) is 0.250. The molecule has 6 nitrogen and oxygen atoms in total. The van der Waals surface area contributed by atoms with Gasteiger partial charge in [0.1, 0.15) is 5.75 Å². The molecular formula is C20H20ClN3O3S. The van der Waals surface area contributed by atoms with Crippen LogP contribution in [0.15, 0.2) is 58.2 Å². The Balaban J connectivity index is 1.48. The van der Waals surface area contributed by atoms with Crippen LogP contribution in [0.2, 0.25) is 5.02 Å². The average Bonchev–Trinajstić information content (AvgIpc) is 3.14. The third-order valence-electron chi connectivity index (χ3n) is 4.02. The number of hydrogen-bond donors (Lipinski definition) is 1. The summed E-state index contributed by atoms with van der Waals surface area (Å²) in [5.74, 6) is 1.37. The van der Waals surface area contributed by atoms with Gasteiger partial charge in [-0.15, -0.1) is 10.2 Å². The summed E-state index contributed by atoms with van der Waals surface area (Å²) >= 11 is 7.20. The van der Waals surface area contributed by atoms with Crippen LogP contribution in [0.4, 0.5) is 0 Å². The quantitative estimate of drug-likeness (QED) is 0.551. The molecule has 0 spiro atoms. The topological polar surface area (TPSA) is 77.2 Å². The van der Waals surface area contributed by atoms with Crippen LogP contribution in [-0.2, 0) is 11.2 Å². The van der Waals surface area contributed by atoms with Crippen LogP contribution in [0.25, 0.3) is 0 Å². The van der Waals surface area contributed by atoms with Gasteiger partial charge in [0, 0.05) is 5.02 Å². The predicted molar refractivity (Wildman–Crippen MR) is 109 cm³/mol. The third-order valence-corrected chi connectivity index (χ3v) is 5.07. The fourth-order valence-corrected chi connectivity index (χ4v) is 3.35. The second-order valence-corrected chi connectivity index (χ2v) is 7.48. The highest BCUT2D eigenvalue weighted by molar-refractivity contribution is 7.99. The SMILES string of the molecule is COc1ccc(Cc2nnc(SCC(=O)N[C@@H](C)c3cccc(Cl)c3)o2)cc1. The van der Waals surface area contributed by atoms with Gasteiger partial charge < -0.3 is 14.5 Å². The summed E-state index contributed by atoms with van der Waals surface area (Å²) in [6, 6.07) is 14.9. The molecule has 0 saturated carbocycles. The Hall–Kier alpha value is -2.51. The molecule has 0 radical (unpaired) electrons. The smallest absolute Gasteiger partial charge is 0.277 e. The number of thioether (sulfide) groups is 1. The monoisotopic (exact) mass is 417 g/mol. The number of benzene rings is 2. The number of nitrogens with one attached hydrogen (secondary N) is 1. The Morgan fingerprint density at radius 2 is 2.04 bits per heavy atom. The van der Waals surface area contributed by atoms with Gasteiger partial charge in [-0.2, -0.15) is 0 Å². The molecular weight excluding hydrogens is 398 g/mol. The number of hydrogen-bond acceptors (Lipinski definition) is 6. The minimum Gasteiger partial charge on any atom is -0.497 e. The minimum atomic E-state index is -0.139. The Bertz CT molecular complexity index is 930. The van der Waals surface area contributed by atoms with Crippen LogP contribution in [0.1, 0.15) is 30.0 Å². The summed E-state index contributed by atoms with van der Waals surface area (Å²) in [4.78, 5) is 12.2. The molecule has 2 aromatic carbocycles. The van der Waals surface area contributed by atoms with Crippen molar-refractivity contribution in [1.29, 1.82) is 0 Å². The molecule has 146 valence electrons. The summed E-state index contributed by atoms with van der Waals surface area (Å²) in [6.45, 7) is 1.91. The van der Waals surface area contributed by atoms with Crippen LogP contribution >= 0.6 is 23.4 Å². The number of ether oxygens (including phenoxy) is 1. The Labute approximate surface area is 172 Å². The summed E-state index contributed by atoms with van der Waals surface area (Å²) in [5.41, 5.74) is 1.99. The Morgan fingerprint density at radius 3 is 2.75 bits per heavy atom. The van der Waals surface area contributed by atoms with Gasteiger partial charge in [-0.05, 0) is 42.3 Å². The lowest BCUT2D eigenvalue weighted by molar-refractivity contribution is -0.119. The normalized spacial score (nSPS) is 11.8. The first-order valence-corrected chi connectivity index (χ1v) is 10.0. The van der Waals surface area contributed by atoms with E-state index in [9.17, 15) is 4.79 Å². The molecule has 0 bridgehead atoms. The second kappa shape index (κ2) is 9.61. The van der Waals surface area contributed by atoms with Gasteiger partial charge in [0.25, 0.3) is 5.22 Å². The average molecular weight is 418 g/mol. The first-order chi connectivity index (χ1) is 13.5. The highest BCUT2D eigenvalue weighted by Crippen LogP contribution is 2.20. The molecule has 1 aromatic heterocycles. The zero-order valence-electron chi connectivity index (χ0n) is 15.5. The van der Waals surface area contributed by atoms with E-state index in [-0.39, 0.29) is 17.7 Å². The van der Waals surface area contributed by atoms with Crippen molar-refractivity contribution in [3.05, 3.63) is 70.6 Å². The number of carbonyl (C=O) groups is 1. The Kier molecular flexibility index (Phi) is 6.95. The van der Waals surface area contributed by atoms with E-state index < -0.39 is 0 Å². The first kappa shape index (κ1) is 20.2. The predicted octanol–water partition coefficient (Wildman–Crippen LogP) is 4.29. The molecule has 0 aliphatic heterocycles. The number of amides is 1. The lowest BCUT2D eigenvalue weighted by Gasteiger charge is -2.14.